The Hall–Kier alpha value is -1.10. The first-order valence-corrected chi connectivity index (χ1v) is 8.20. The molecule has 2 fully saturated rings. The topological polar surface area (TPSA) is 69.6 Å². The molecule has 0 aromatic rings. The summed E-state index contributed by atoms with van der Waals surface area (Å²) in [5.41, 5.74) is 0. The second-order valence-electron chi connectivity index (χ2n) is 7.03. The highest BCUT2D eigenvalue weighted by atomic mass is 16.4. The van der Waals surface area contributed by atoms with Crippen molar-refractivity contribution in [1.29, 1.82) is 0 Å². The van der Waals surface area contributed by atoms with E-state index in [1.54, 1.807) is 0 Å². The van der Waals surface area contributed by atoms with Crippen LogP contribution in [0.5, 0.6) is 0 Å². The molecular weight excluding hydrogens is 268 g/mol. The van der Waals surface area contributed by atoms with Crippen molar-refractivity contribution in [2.45, 2.75) is 64.5 Å². The highest BCUT2D eigenvalue weighted by molar-refractivity contribution is 5.78. The lowest BCUT2D eigenvalue weighted by molar-refractivity contribution is -0.139. The Labute approximate surface area is 127 Å². The third-order valence-corrected chi connectivity index (χ3v) is 4.82. The molecule has 2 aliphatic heterocycles. The molecule has 0 aromatic heterocycles. The van der Waals surface area contributed by atoms with Crippen LogP contribution >= 0.6 is 0 Å². The number of piperidine rings is 1. The fourth-order valence-electron chi connectivity index (χ4n) is 3.78. The highest BCUT2D eigenvalue weighted by Gasteiger charge is 2.41. The summed E-state index contributed by atoms with van der Waals surface area (Å²) in [5, 5.41) is 11.9. The molecule has 0 aromatic carbocycles. The average molecular weight is 296 g/mol. The van der Waals surface area contributed by atoms with Crippen LogP contribution in [0.2, 0.25) is 0 Å². The minimum Gasteiger partial charge on any atom is -0.481 e. The fourth-order valence-corrected chi connectivity index (χ4v) is 3.78. The number of rotatable bonds is 7. The largest absolute Gasteiger partial charge is 0.481 e. The van der Waals surface area contributed by atoms with E-state index in [-0.39, 0.29) is 12.3 Å². The van der Waals surface area contributed by atoms with E-state index in [1.165, 1.54) is 0 Å². The van der Waals surface area contributed by atoms with Gasteiger partial charge in [0, 0.05) is 25.0 Å². The Bertz CT molecular complexity index is 370. The van der Waals surface area contributed by atoms with Crippen molar-refractivity contribution in [3.05, 3.63) is 0 Å². The number of carbonyl (C=O) groups excluding carboxylic acids is 1. The van der Waals surface area contributed by atoms with Crippen molar-refractivity contribution >= 4 is 11.9 Å². The van der Waals surface area contributed by atoms with Crippen LogP contribution < -0.4 is 5.32 Å². The number of carboxylic acid groups (broad SMARTS) is 1. The number of fused-ring (bicyclic) bond motifs is 2. The zero-order chi connectivity index (χ0) is 15.4. The van der Waals surface area contributed by atoms with Crippen molar-refractivity contribution in [3.8, 4) is 0 Å². The molecule has 21 heavy (non-hydrogen) atoms. The number of carbonyl (C=O) groups is 2. The summed E-state index contributed by atoms with van der Waals surface area (Å²) in [6.07, 6.45) is 5.38. The first-order chi connectivity index (χ1) is 9.95. The Balaban J connectivity index is 1.78. The van der Waals surface area contributed by atoms with Gasteiger partial charge >= 0.3 is 5.97 Å². The molecular formula is C16H28N2O3. The molecule has 2 bridgehead atoms. The molecule has 5 nitrogen and oxygen atoms in total. The number of carboxylic acids is 1. The van der Waals surface area contributed by atoms with Gasteiger partial charge in [-0.2, -0.15) is 0 Å². The third-order valence-electron chi connectivity index (χ3n) is 4.82. The monoisotopic (exact) mass is 296 g/mol. The van der Waals surface area contributed by atoms with Gasteiger partial charge in [-0.3, -0.25) is 14.5 Å². The van der Waals surface area contributed by atoms with Gasteiger partial charge in [0.2, 0.25) is 5.91 Å². The Kier molecular flexibility index (Phi) is 5.62. The maximum atomic E-state index is 12.0. The predicted molar refractivity (Wildman–Crippen MR) is 81.0 cm³/mol. The van der Waals surface area contributed by atoms with Crippen LogP contribution in [0, 0.1) is 11.8 Å². The van der Waals surface area contributed by atoms with E-state index < -0.39 is 5.97 Å². The molecule has 0 aliphatic carbocycles. The van der Waals surface area contributed by atoms with Crippen molar-refractivity contribution in [2.24, 2.45) is 11.8 Å². The molecule has 2 N–H and O–H groups in total. The van der Waals surface area contributed by atoms with Crippen molar-refractivity contribution < 1.29 is 14.7 Å². The second kappa shape index (κ2) is 7.25. The molecule has 5 heteroatoms. The smallest absolute Gasteiger partial charge is 0.303 e. The van der Waals surface area contributed by atoms with Gasteiger partial charge in [0.25, 0.3) is 0 Å². The van der Waals surface area contributed by atoms with E-state index in [0.29, 0.717) is 30.5 Å². The fraction of sp³-hybridized carbons (Fsp3) is 0.875. The number of aliphatic carboxylic acids is 1. The van der Waals surface area contributed by atoms with Gasteiger partial charge in [0.15, 0.2) is 0 Å². The Morgan fingerprint density at radius 2 is 1.86 bits per heavy atom. The molecule has 2 atom stereocenters. The predicted octanol–water partition coefficient (Wildman–Crippen LogP) is 1.87. The van der Waals surface area contributed by atoms with Crippen LogP contribution in [0.15, 0.2) is 0 Å². The minimum atomic E-state index is -0.695. The van der Waals surface area contributed by atoms with E-state index in [2.05, 4.69) is 24.1 Å². The lowest BCUT2D eigenvalue weighted by atomic mass is 9.88. The van der Waals surface area contributed by atoms with Crippen LogP contribution in [-0.2, 0) is 9.59 Å². The second-order valence-corrected chi connectivity index (χ2v) is 7.03. The van der Waals surface area contributed by atoms with Crippen LogP contribution in [-0.4, -0.2) is 47.1 Å². The zero-order valence-corrected chi connectivity index (χ0v) is 13.2. The molecule has 0 spiro atoms. The maximum Gasteiger partial charge on any atom is 0.303 e. The normalized spacial score (nSPS) is 28.8. The Morgan fingerprint density at radius 1 is 1.24 bits per heavy atom. The van der Waals surface area contributed by atoms with E-state index in [1.807, 2.05) is 0 Å². The summed E-state index contributed by atoms with van der Waals surface area (Å²) in [7, 11) is 0. The van der Waals surface area contributed by atoms with Crippen molar-refractivity contribution in [2.75, 3.05) is 13.1 Å². The van der Waals surface area contributed by atoms with Gasteiger partial charge in [0.05, 0.1) is 6.54 Å². The first kappa shape index (κ1) is 16.3. The third kappa shape index (κ3) is 4.70. The average Bonchev–Trinajstić information content (AvgIpc) is 2.60. The molecule has 2 rings (SSSR count). The standard InChI is InChI=1S/C16H28N2O3/c1-11(2)5-6-17-15(19)10-18-13-3-4-14(18)8-12(7-13)9-16(20)21/h11-14H,3-10H2,1-2H3,(H,17,19)(H,20,21). The summed E-state index contributed by atoms with van der Waals surface area (Å²) in [5.74, 6) is 0.317. The SMILES string of the molecule is CC(C)CCNC(=O)CN1C2CCC1CC(CC(=O)O)C2. The number of hydrogen-bond acceptors (Lipinski definition) is 3. The summed E-state index contributed by atoms with van der Waals surface area (Å²) < 4.78 is 0. The highest BCUT2D eigenvalue weighted by Crippen LogP contribution is 2.39. The zero-order valence-electron chi connectivity index (χ0n) is 13.2. The van der Waals surface area contributed by atoms with Crippen LogP contribution in [0.25, 0.3) is 0 Å². The maximum absolute atomic E-state index is 12.0. The summed E-state index contributed by atoms with van der Waals surface area (Å²) in [6.45, 7) is 5.54. The molecule has 1 amide bonds. The molecule has 0 saturated carbocycles. The van der Waals surface area contributed by atoms with Crippen molar-refractivity contribution in [1.82, 2.24) is 10.2 Å². The lowest BCUT2D eigenvalue weighted by Crippen LogP contribution is -2.48. The molecule has 0 radical (unpaired) electrons. The molecule has 2 heterocycles. The van der Waals surface area contributed by atoms with Crippen LogP contribution in [0.3, 0.4) is 0 Å². The lowest BCUT2D eigenvalue weighted by Gasteiger charge is -2.38. The molecule has 120 valence electrons. The van der Waals surface area contributed by atoms with Gasteiger partial charge in [-0.15, -0.1) is 0 Å². The summed E-state index contributed by atoms with van der Waals surface area (Å²) in [6, 6.07) is 0.813. The van der Waals surface area contributed by atoms with Gasteiger partial charge < -0.3 is 10.4 Å². The van der Waals surface area contributed by atoms with E-state index in [4.69, 9.17) is 5.11 Å². The van der Waals surface area contributed by atoms with Crippen LogP contribution in [0.1, 0.15) is 52.4 Å². The number of hydrogen-bond donors (Lipinski definition) is 2. The quantitative estimate of drug-likeness (QED) is 0.752. The summed E-state index contributed by atoms with van der Waals surface area (Å²) >= 11 is 0. The van der Waals surface area contributed by atoms with E-state index >= 15 is 0 Å². The Morgan fingerprint density at radius 3 is 2.38 bits per heavy atom. The van der Waals surface area contributed by atoms with Gasteiger partial charge in [-0.05, 0) is 43.9 Å². The van der Waals surface area contributed by atoms with E-state index in [0.717, 1.165) is 38.6 Å². The number of nitrogens with zero attached hydrogens (tertiary/aromatic N) is 1. The van der Waals surface area contributed by atoms with Crippen molar-refractivity contribution in [3.63, 3.8) is 0 Å². The first-order valence-electron chi connectivity index (χ1n) is 8.20. The van der Waals surface area contributed by atoms with Gasteiger partial charge in [0.1, 0.15) is 0 Å². The molecule has 2 saturated heterocycles. The summed E-state index contributed by atoms with van der Waals surface area (Å²) in [4.78, 5) is 25.2. The van der Waals surface area contributed by atoms with E-state index in [9.17, 15) is 9.59 Å². The minimum absolute atomic E-state index is 0.115. The van der Waals surface area contributed by atoms with Gasteiger partial charge in [-0.1, -0.05) is 13.8 Å². The van der Waals surface area contributed by atoms with Gasteiger partial charge in [-0.25, -0.2) is 0 Å². The number of nitrogens with one attached hydrogen (secondary N) is 1. The van der Waals surface area contributed by atoms with Crippen LogP contribution in [0.4, 0.5) is 0 Å². The number of amides is 1. The molecule has 2 aliphatic rings. The molecule has 2 unspecified atom stereocenters.